The number of aromatic nitrogens is 2. The Morgan fingerprint density at radius 1 is 0.944 bits per heavy atom. The van der Waals surface area contributed by atoms with Gasteiger partial charge in [-0.3, -0.25) is 4.79 Å². The largest absolute Gasteiger partial charge is 0.479 e. The number of thioether (sulfide) groups is 1. The van der Waals surface area contributed by atoms with Crippen LogP contribution in [-0.2, 0) is 11.3 Å². The lowest BCUT2D eigenvalue weighted by Gasteiger charge is -2.18. The van der Waals surface area contributed by atoms with E-state index in [-0.39, 0.29) is 11.5 Å². The van der Waals surface area contributed by atoms with Crippen LogP contribution in [0.1, 0.15) is 36.1 Å². The van der Waals surface area contributed by atoms with Crippen molar-refractivity contribution in [2.45, 2.75) is 36.8 Å². The molecule has 0 radical (unpaired) electrons. The summed E-state index contributed by atoms with van der Waals surface area (Å²) in [6.07, 6.45) is -0.162. The summed E-state index contributed by atoms with van der Waals surface area (Å²) in [7, 11) is 0. The molecule has 36 heavy (non-hydrogen) atoms. The fourth-order valence-electron chi connectivity index (χ4n) is 3.90. The molecule has 1 atom stereocenters. The Labute approximate surface area is 214 Å². The number of carbonyl (C=O) groups is 1. The van der Waals surface area contributed by atoms with Crippen LogP contribution in [0.15, 0.2) is 107 Å². The van der Waals surface area contributed by atoms with Gasteiger partial charge in [0, 0.05) is 17.5 Å². The van der Waals surface area contributed by atoms with Gasteiger partial charge in [0.2, 0.25) is 0 Å². The van der Waals surface area contributed by atoms with E-state index in [4.69, 9.17) is 14.9 Å². The molecule has 0 aliphatic rings. The molecule has 7 heteroatoms. The Morgan fingerprint density at radius 3 is 2.25 bits per heavy atom. The van der Waals surface area contributed by atoms with Gasteiger partial charge in [-0.25, -0.2) is 9.48 Å². The number of benzene rings is 3. The van der Waals surface area contributed by atoms with Gasteiger partial charge in [-0.05, 0) is 54.5 Å². The number of carboxylic acid groups (broad SMARTS) is 1. The topological polar surface area (TPSA) is 81.4 Å². The van der Waals surface area contributed by atoms with Crippen LogP contribution in [0.25, 0.3) is 0 Å². The summed E-state index contributed by atoms with van der Waals surface area (Å²) in [5.74, 6) is 0.227. The molecule has 4 aromatic rings. The van der Waals surface area contributed by atoms with Gasteiger partial charge in [0.15, 0.2) is 6.10 Å². The van der Waals surface area contributed by atoms with Crippen LogP contribution >= 0.6 is 11.8 Å². The van der Waals surface area contributed by atoms with Gasteiger partial charge < -0.3 is 9.84 Å². The van der Waals surface area contributed by atoms with Gasteiger partial charge in [-0.15, -0.1) is 11.8 Å². The van der Waals surface area contributed by atoms with Crippen LogP contribution in [0, 0.1) is 0 Å². The minimum Gasteiger partial charge on any atom is -0.479 e. The van der Waals surface area contributed by atoms with Gasteiger partial charge in [0.1, 0.15) is 5.75 Å². The maximum Gasteiger partial charge on any atom is 0.344 e. The highest BCUT2D eigenvalue weighted by atomic mass is 32.2. The monoisotopic (exact) mass is 500 g/mol. The van der Waals surface area contributed by atoms with E-state index in [1.807, 2.05) is 60.7 Å². The summed E-state index contributed by atoms with van der Waals surface area (Å²) in [5.41, 5.74) is 2.95. The summed E-state index contributed by atoms with van der Waals surface area (Å²) in [5, 5.41) is 13.8. The molecule has 0 aliphatic heterocycles. The molecule has 0 aliphatic carbocycles. The summed E-state index contributed by atoms with van der Waals surface area (Å²) >= 11 is 1.63. The first-order valence-corrected chi connectivity index (χ1v) is 12.8. The lowest BCUT2D eigenvalue weighted by molar-refractivity contribution is -0.144. The molecule has 184 valence electrons. The van der Waals surface area contributed by atoms with Crippen LogP contribution in [-0.4, -0.2) is 32.7 Å². The molecule has 0 bridgehead atoms. The number of aryl methyl sites for hydroxylation is 1. The molecule has 0 fully saturated rings. The molecule has 0 saturated heterocycles. The van der Waals surface area contributed by atoms with E-state index in [1.54, 1.807) is 28.6 Å². The third kappa shape index (κ3) is 6.64. The van der Waals surface area contributed by atoms with Crippen molar-refractivity contribution < 1.29 is 14.6 Å². The predicted molar refractivity (Wildman–Crippen MR) is 142 cm³/mol. The molecule has 0 spiro atoms. The number of rotatable bonds is 11. The van der Waals surface area contributed by atoms with E-state index in [0.29, 0.717) is 12.3 Å². The second-order valence-electron chi connectivity index (χ2n) is 8.35. The summed E-state index contributed by atoms with van der Waals surface area (Å²) in [6.45, 7) is 2.00. The minimum atomic E-state index is -1.00. The Kier molecular flexibility index (Phi) is 8.57. The fraction of sp³-hybridized carbons (Fsp3) is 0.207. The van der Waals surface area contributed by atoms with Gasteiger partial charge in [0.25, 0.3) is 5.56 Å². The Morgan fingerprint density at radius 2 is 1.61 bits per heavy atom. The Hall–Kier alpha value is -3.84. The Bertz CT molecular complexity index is 1300. The molecule has 0 saturated carbocycles. The molecule has 0 unspecified atom stereocenters. The first-order valence-electron chi connectivity index (χ1n) is 11.8. The van der Waals surface area contributed by atoms with Crippen LogP contribution in [0.2, 0.25) is 0 Å². The smallest absolute Gasteiger partial charge is 0.344 e. The van der Waals surface area contributed by atoms with Crippen molar-refractivity contribution in [2.75, 3.05) is 5.75 Å². The maximum absolute atomic E-state index is 12.6. The average Bonchev–Trinajstić information content (AvgIpc) is 2.90. The summed E-state index contributed by atoms with van der Waals surface area (Å²) in [6, 6.07) is 31.2. The first kappa shape index (κ1) is 25.3. The molecule has 4 rings (SSSR count). The second kappa shape index (κ2) is 12.2. The maximum atomic E-state index is 12.6. The molecule has 1 aromatic heterocycles. The van der Waals surface area contributed by atoms with Gasteiger partial charge >= 0.3 is 5.97 Å². The zero-order chi connectivity index (χ0) is 25.3. The molecular formula is C29H28N2O4S. The molecule has 6 nitrogen and oxygen atoms in total. The number of nitrogens with zero attached hydrogens (tertiary/aromatic N) is 2. The number of aliphatic carboxylic acids is 1. The van der Waals surface area contributed by atoms with Crippen LogP contribution < -0.4 is 10.3 Å². The third-order valence-electron chi connectivity index (χ3n) is 5.70. The van der Waals surface area contributed by atoms with E-state index in [1.165, 1.54) is 6.92 Å². The third-order valence-corrected chi connectivity index (χ3v) is 6.78. The molecule has 3 aromatic carbocycles. The van der Waals surface area contributed by atoms with Crippen LogP contribution in [0.5, 0.6) is 5.75 Å². The average molecular weight is 501 g/mol. The van der Waals surface area contributed by atoms with Crippen LogP contribution in [0.4, 0.5) is 0 Å². The van der Waals surface area contributed by atoms with Crippen molar-refractivity contribution in [1.29, 1.82) is 0 Å². The number of hydrogen-bond donors (Lipinski definition) is 1. The van der Waals surface area contributed by atoms with E-state index >= 15 is 0 Å². The molecular weight excluding hydrogens is 472 g/mol. The molecule has 0 amide bonds. The van der Waals surface area contributed by atoms with Gasteiger partial charge in [0.05, 0.1) is 11.6 Å². The fourth-order valence-corrected chi connectivity index (χ4v) is 4.78. The minimum absolute atomic E-state index is 0.0652. The number of hydrogen-bond acceptors (Lipinski definition) is 5. The first-order chi connectivity index (χ1) is 17.5. The lowest BCUT2D eigenvalue weighted by atomic mass is 9.88. The molecule has 1 heterocycles. The second-order valence-corrected chi connectivity index (χ2v) is 9.52. The van der Waals surface area contributed by atoms with Gasteiger partial charge in [-0.1, -0.05) is 66.7 Å². The highest BCUT2D eigenvalue weighted by Gasteiger charge is 2.19. The number of carboxylic acids is 1. The lowest BCUT2D eigenvalue weighted by Crippen LogP contribution is -2.24. The van der Waals surface area contributed by atoms with Crippen molar-refractivity contribution in [1.82, 2.24) is 9.78 Å². The normalized spacial score (nSPS) is 11.8. The SMILES string of the molecule is C[C@H](Oc1cccc(SCCCn2nc(C(c3ccccc3)c3ccccc3)ccc2=O)c1)C(=O)O. The highest BCUT2D eigenvalue weighted by Crippen LogP contribution is 2.30. The molecule has 1 N–H and O–H groups in total. The van der Waals surface area contributed by atoms with Crippen molar-refractivity contribution in [3.8, 4) is 5.75 Å². The van der Waals surface area contributed by atoms with Crippen molar-refractivity contribution in [3.63, 3.8) is 0 Å². The Balaban J connectivity index is 1.44. The quantitative estimate of drug-likeness (QED) is 0.218. The standard InChI is InChI=1S/C29H28N2O4S/c1-21(29(33)34)35-24-14-8-15-25(20-24)36-19-9-18-31-27(32)17-16-26(30-31)28(22-10-4-2-5-11-22)23-12-6-3-7-13-23/h2-8,10-17,20-21,28H,9,18-19H2,1H3,(H,33,34)/t21-/m0/s1. The van der Waals surface area contributed by atoms with Crippen molar-refractivity contribution in [2.24, 2.45) is 0 Å². The van der Waals surface area contributed by atoms with E-state index in [2.05, 4.69) is 24.3 Å². The van der Waals surface area contributed by atoms with E-state index in [9.17, 15) is 9.59 Å². The number of ether oxygens (including phenoxy) is 1. The van der Waals surface area contributed by atoms with E-state index in [0.717, 1.165) is 33.9 Å². The highest BCUT2D eigenvalue weighted by molar-refractivity contribution is 7.99. The van der Waals surface area contributed by atoms with Gasteiger partial charge in [-0.2, -0.15) is 5.10 Å². The van der Waals surface area contributed by atoms with Crippen LogP contribution in [0.3, 0.4) is 0 Å². The predicted octanol–water partition coefficient (Wildman–Crippen LogP) is 5.46. The van der Waals surface area contributed by atoms with Crippen molar-refractivity contribution in [3.05, 3.63) is 124 Å². The summed E-state index contributed by atoms with van der Waals surface area (Å²) < 4.78 is 6.99. The van der Waals surface area contributed by atoms with Crippen molar-refractivity contribution >= 4 is 17.7 Å². The zero-order valence-electron chi connectivity index (χ0n) is 20.0. The zero-order valence-corrected chi connectivity index (χ0v) is 20.8. The summed E-state index contributed by atoms with van der Waals surface area (Å²) in [4.78, 5) is 24.6. The van der Waals surface area contributed by atoms with E-state index < -0.39 is 12.1 Å².